The molecule has 0 saturated heterocycles. The number of carbonyl (C=O) groups is 1. The lowest BCUT2D eigenvalue weighted by Gasteiger charge is -2.08. The highest BCUT2D eigenvalue weighted by molar-refractivity contribution is 9.09. The van der Waals surface area contributed by atoms with Crippen LogP contribution >= 0.6 is 15.9 Å². The summed E-state index contributed by atoms with van der Waals surface area (Å²) in [4.78, 5) is 11.5. The van der Waals surface area contributed by atoms with Crippen molar-refractivity contribution in [2.24, 2.45) is 0 Å². The summed E-state index contributed by atoms with van der Waals surface area (Å²) in [5, 5.41) is 0.720. The SMILES string of the molecule is CC=C(CBr)c1ccccc1C(=O)OC. The molecule has 1 aromatic carbocycles. The van der Waals surface area contributed by atoms with E-state index in [4.69, 9.17) is 4.74 Å². The van der Waals surface area contributed by atoms with Crippen molar-refractivity contribution in [1.82, 2.24) is 0 Å². The van der Waals surface area contributed by atoms with E-state index in [0.717, 1.165) is 16.5 Å². The first-order valence-electron chi connectivity index (χ1n) is 4.63. The van der Waals surface area contributed by atoms with Gasteiger partial charge in [0.1, 0.15) is 0 Å². The van der Waals surface area contributed by atoms with E-state index in [-0.39, 0.29) is 5.97 Å². The van der Waals surface area contributed by atoms with Crippen molar-refractivity contribution in [3.63, 3.8) is 0 Å². The third kappa shape index (κ3) is 2.69. The lowest BCUT2D eigenvalue weighted by Crippen LogP contribution is -2.05. The molecule has 3 heteroatoms. The minimum atomic E-state index is -0.300. The van der Waals surface area contributed by atoms with Gasteiger partial charge in [0, 0.05) is 5.33 Å². The largest absolute Gasteiger partial charge is 0.465 e. The molecule has 15 heavy (non-hydrogen) atoms. The predicted molar refractivity (Wildman–Crippen MR) is 65.2 cm³/mol. The summed E-state index contributed by atoms with van der Waals surface area (Å²) in [6.07, 6.45) is 1.98. The van der Waals surface area contributed by atoms with E-state index in [2.05, 4.69) is 15.9 Å². The van der Waals surface area contributed by atoms with Crippen molar-refractivity contribution in [2.75, 3.05) is 12.4 Å². The number of allylic oxidation sites excluding steroid dienone is 2. The third-order valence-corrected chi connectivity index (χ3v) is 2.77. The van der Waals surface area contributed by atoms with Crippen LogP contribution in [0.2, 0.25) is 0 Å². The molecule has 0 bridgehead atoms. The van der Waals surface area contributed by atoms with Crippen LogP contribution < -0.4 is 0 Å². The second-order valence-corrected chi connectivity index (χ2v) is 3.55. The van der Waals surface area contributed by atoms with E-state index in [1.165, 1.54) is 7.11 Å². The van der Waals surface area contributed by atoms with E-state index >= 15 is 0 Å². The Hall–Kier alpha value is -1.09. The zero-order valence-electron chi connectivity index (χ0n) is 8.79. The van der Waals surface area contributed by atoms with Crippen LogP contribution in [0.25, 0.3) is 5.57 Å². The van der Waals surface area contributed by atoms with Crippen LogP contribution in [-0.4, -0.2) is 18.4 Å². The monoisotopic (exact) mass is 268 g/mol. The van der Waals surface area contributed by atoms with E-state index < -0.39 is 0 Å². The molecule has 0 saturated carbocycles. The molecule has 0 atom stereocenters. The van der Waals surface area contributed by atoms with Crippen LogP contribution in [0.15, 0.2) is 30.3 Å². The smallest absolute Gasteiger partial charge is 0.338 e. The Labute approximate surface area is 98.1 Å². The second kappa shape index (κ2) is 5.71. The topological polar surface area (TPSA) is 26.3 Å². The van der Waals surface area contributed by atoms with Gasteiger partial charge in [-0.2, -0.15) is 0 Å². The van der Waals surface area contributed by atoms with Gasteiger partial charge in [-0.15, -0.1) is 0 Å². The van der Waals surface area contributed by atoms with Crippen LogP contribution in [0, 0.1) is 0 Å². The Morgan fingerprint density at radius 1 is 1.40 bits per heavy atom. The minimum absolute atomic E-state index is 0.300. The summed E-state index contributed by atoms with van der Waals surface area (Å²) < 4.78 is 4.73. The van der Waals surface area contributed by atoms with Crippen molar-refractivity contribution < 1.29 is 9.53 Å². The quantitative estimate of drug-likeness (QED) is 0.621. The number of ether oxygens (including phenoxy) is 1. The normalized spacial score (nSPS) is 11.3. The maximum Gasteiger partial charge on any atom is 0.338 e. The molecule has 0 aromatic heterocycles. The fourth-order valence-electron chi connectivity index (χ4n) is 1.36. The number of methoxy groups -OCH3 is 1. The molecule has 0 fully saturated rings. The Kier molecular flexibility index (Phi) is 4.56. The van der Waals surface area contributed by atoms with Gasteiger partial charge in [0.15, 0.2) is 0 Å². The van der Waals surface area contributed by atoms with Crippen molar-refractivity contribution in [2.45, 2.75) is 6.92 Å². The number of benzene rings is 1. The number of halogens is 1. The zero-order valence-corrected chi connectivity index (χ0v) is 10.4. The highest BCUT2D eigenvalue weighted by atomic mass is 79.9. The third-order valence-electron chi connectivity index (χ3n) is 2.17. The fourth-order valence-corrected chi connectivity index (χ4v) is 1.98. The summed E-state index contributed by atoms with van der Waals surface area (Å²) in [5.41, 5.74) is 2.60. The second-order valence-electron chi connectivity index (χ2n) is 2.98. The molecule has 2 nitrogen and oxygen atoms in total. The van der Waals surface area contributed by atoms with Crippen LogP contribution in [0.3, 0.4) is 0 Å². The van der Waals surface area contributed by atoms with Crippen LogP contribution in [0.5, 0.6) is 0 Å². The number of esters is 1. The van der Waals surface area contributed by atoms with Crippen LogP contribution in [-0.2, 0) is 4.74 Å². The van der Waals surface area contributed by atoms with E-state index in [0.29, 0.717) is 5.56 Å². The molecule has 1 aromatic rings. The van der Waals surface area contributed by atoms with Gasteiger partial charge in [-0.05, 0) is 24.1 Å². The van der Waals surface area contributed by atoms with Crippen LogP contribution in [0.4, 0.5) is 0 Å². The molecule has 80 valence electrons. The van der Waals surface area contributed by atoms with Gasteiger partial charge in [-0.25, -0.2) is 4.79 Å². The molecule has 0 amide bonds. The standard InChI is InChI=1S/C12H13BrO2/c1-3-9(8-13)10-6-4-5-7-11(10)12(14)15-2/h3-7H,8H2,1-2H3. The first kappa shape index (κ1) is 12.0. The Morgan fingerprint density at radius 3 is 2.47 bits per heavy atom. The lowest BCUT2D eigenvalue weighted by atomic mass is 10.0. The maximum absolute atomic E-state index is 11.5. The van der Waals surface area contributed by atoms with Gasteiger partial charge in [-0.1, -0.05) is 40.2 Å². The van der Waals surface area contributed by atoms with Crippen molar-refractivity contribution in [3.05, 3.63) is 41.5 Å². The average molecular weight is 269 g/mol. The molecular formula is C12H13BrO2. The molecule has 0 N–H and O–H groups in total. The van der Waals surface area contributed by atoms with Gasteiger partial charge in [-0.3, -0.25) is 0 Å². The van der Waals surface area contributed by atoms with Gasteiger partial charge in [0.25, 0.3) is 0 Å². The summed E-state index contributed by atoms with van der Waals surface area (Å²) in [6.45, 7) is 1.95. The molecule has 1 rings (SSSR count). The number of hydrogen-bond acceptors (Lipinski definition) is 2. The molecule has 0 aliphatic heterocycles. The number of carbonyl (C=O) groups excluding carboxylic acids is 1. The minimum Gasteiger partial charge on any atom is -0.465 e. The Bertz CT molecular complexity index is 383. The number of rotatable bonds is 3. The highest BCUT2D eigenvalue weighted by Crippen LogP contribution is 2.21. The summed E-state index contributed by atoms with van der Waals surface area (Å²) >= 11 is 3.40. The van der Waals surface area contributed by atoms with E-state index in [1.807, 2.05) is 31.2 Å². The molecular weight excluding hydrogens is 256 g/mol. The van der Waals surface area contributed by atoms with Crippen LogP contribution in [0.1, 0.15) is 22.8 Å². The predicted octanol–water partition coefficient (Wildman–Crippen LogP) is 3.27. The molecule has 0 radical (unpaired) electrons. The van der Waals surface area contributed by atoms with E-state index in [1.54, 1.807) is 6.07 Å². The fraction of sp³-hybridized carbons (Fsp3) is 0.250. The van der Waals surface area contributed by atoms with Crippen molar-refractivity contribution in [3.8, 4) is 0 Å². The van der Waals surface area contributed by atoms with E-state index in [9.17, 15) is 4.79 Å². The highest BCUT2D eigenvalue weighted by Gasteiger charge is 2.12. The first-order chi connectivity index (χ1) is 7.24. The van der Waals surface area contributed by atoms with Gasteiger partial charge in [0.2, 0.25) is 0 Å². The molecule has 0 aliphatic carbocycles. The molecule has 0 spiro atoms. The van der Waals surface area contributed by atoms with Gasteiger partial charge < -0.3 is 4.74 Å². The summed E-state index contributed by atoms with van der Waals surface area (Å²) in [6, 6.07) is 7.43. The van der Waals surface area contributed by atoms with Crippen molar-refractivity contribution in [1.29, 1.82) is 0 Å². The molecule has 0 heterocycles. The van der Waals surface area contributed by atoms with Crippen molar-refractivity contribution >= 4 is 27.5 Å². The first-order valence-corrected chi connectivity index (χ1v) is 5.75. The lowest BCUT2D eigenvalue weighted by molar-refractivity contribution is 0.0600. The maximum atomic E-state index is 11.5. The van der Waals surface area contributed by atoms with Gasteiger partial charge >= 0.3 is 5.97 Å². The van der Waals surface area contributed by atoms with Gasteiger partial charge in [0.05, 0.1) is 12.7 Å². The number of alkyl halides is 1. The summed E-state index contributed by atoms with van der Waals surface area (Å²) in [7, 11) is 1.39. The molecule has 0 unspecified atom stereocenters. The molecule has 0 aliphatic rings. The summed E-state index contributed by atoms with van der Waals surface area (Å²) in [5.74, 6) is -0.300. The zero-order chi connectivity index (χ0) is 11.3. The Balaban J connectivity index is 3.23. The number of hydrogen-bond donors (Lipinski definition) is 0. The average Bonchev–Trinajstić information content (AvgIpc) is 2.30. The Morgan fingerprint density at radius 2 is 2.00 bits per heavy atom.